The van der Waals surface area contributed by atoms with Crippen LogP contribution in [0.1, 0.15) is 5.56 Å². The van der Waals surface area contributed by atoms with Crippen LogP contribution in [0.25, 0.3) is 28.0 Å². The summed E-state index contributed by atoms with van der Waals surface area (Å²) in [5, 5.41) is 20.6. The Hall–Kier alpha value is -2.85. The van der Waals surface area contributed by atoms with Crippen LogP contribution in [0.2, 0.25) is 0 Å². The lowest BCUT2D eigenvalue weighted by Crippen LogP contribution is -1.92. The number of aliphatic hydroxyl groups is 1. The van der Waals surface area contributed by atoms with Gasteiger partial charge in [-0.25, -0.2) is 4.98 Å². The molecule has 0 aliphatic heterocycles. The molecule has 23 heavy (non-hydrogen) atoms. The van der Waals surface area contributed by atoms with Crippen molar-refractivity contribution in [3.05, 3.63) is 60.3 Å². The molecule has 0 bridgehead atoms. The van der Waals surface area contributed by atoms with Crippen molar-refractivity contribution in [2.75, 3.05) is 13.7 Å². The number of phenolic OH excluding ortho intramolecular Hbond substituents is 1. The molecule has 0 amide bonds. The molecule has 0 aliphatic carbocycles. The van der Waals surface area contributed by atoms with Crippen LogP contribution in [-0.2, 0) is 0 Å². The van der Waals surface area contributed by atoms with Gasteiger partial charge in [0.25, 0.3) is 0 Å². The number of aromatic hydroxyl groups is 1. The van der Waals surface area contributed by atoms with E-state index in [1.165, 1.54) is 0 Å². The highest BCUT2D eigenvalue weighted by Gasteiger charge is 2.12. The second kappa shape index (κ2) is 6.50. The van der Waals surface area contributed by atoms with E-state index in [1.807, 2.05) is 36.4 Å². The van der Waals surface area contributed by atoms with E-state index in [0.29, 0.717) is 5.88 Å². The molecule has 1 heterocycles. The SMILES string of the molecule is COc1ncc(-c2ccc(/C=C/CO)cc2)c2c(O)cccc12. The van der Waals surface area contributed by atoms with Crippen LogP contribution in [0.4, 0.5) is 0 Å². The molecule has 0 aliphatic rings. The summed E-state index contributed by atoms with van der Waals surface area (Å²) in [6.07, 6.45) is 5.25. The van der Waals surface area contributed by atoms with Gasteiger partial charge in [0.05, 0.1) is 13.7 Å². The number of nitrogens with zero attached hydrogens (tertiary/aromatic N) is 1. The van der Waals surface area contributed by atoms with E-state index in [2.05, 4.69) is 4.98 Å². The first-order chi connectivity index (χ1) is 11.2. The van der Waals surface area contributed by atoms with Crippen LogP contribution in [0.15, 0.2) is 54.7 Å². The molecule has 0 spiro atoms. The van der Waals surface area contributed by atoms with Gasteiger partial charge < -0.3 is 14.9 Å². The number of ether oxygens (including phenoxy) is 1. The Morgan fingerprint density at radius 3 is 2.61 bits per heavy atom. The van der Waals surface area contributed by atoms with Crippen molar-refractivity contribution in [3.63, 3.8) is 0 Å². The van der Waals surface area contributed by atoms with E-state index < -0.39 is 0 Å². The highest BCUT2D eigenvalue weighted by Crippen LogP contribution is 2.37. The van der Waals surface area contributed by atoms with E-state index in [4.69, 9.17) is 9.84 Å². The van der Waals surface area contributed by atoms with Crippen molar-refractivity contribution >= 4 is 16.8 Å². The first-order valence-corrected chi connectivity index (χ1v) is 7.27. The van der Waals surface area contributed by atoms with Crippen LogP contribution >= 0.6 is 0 Å². The van der Waals surface area contributed by atoms with Gasteiger partial charge in [0.1, 0.15) is 5.75 Å². The molecule has 0 fully saturated rings. The summed E-state index contributed by atoms with van der Waals surface area (Å²) >= 11 is 0. The van der Waals surface area contributed by atoms with Crippen molar-refractivity contribution < 1.29 is 14.9 Å². The lowest BCUT2D eigenvalue weighted by atomic mass is 9.99. The zero-order chi connectivity index (χ0) is 16.2. The lowest BCUT2D eigenvalue weighted by Gasteiger charge is -2.11. The van der Waals surface area contributed by atoms with E-state index in [9.17, 15) is 5.11 Å². The smallest absolute Gasteiger partial charge is 0.221 e. The van der Waals surface area contributed by atoms with Crippen LogP contribution in [-0.4, -0.2) is 28.9 Å². The standard InChI is InChI=1S/C19H17NO3/c1-23-19-15-5-2-6-17(22)18(15)16(12-20-19)14-9-7-13(8-10-14)4-3-11-21/h2-10,12,21-22H,11H2,1H3/b4-3+. The molecular weight excluding hydrogens is 290 g/mol. The minimum atomic E-state index is 0.0165. The van der Waals surface area contributed by atoms with Crippen LogP contribution in [0, 0.1) is 0 Å². The highest BCUT2D eigenvalue weighted by atomic mass is 16.5. The maximum absolute atomic E-state index is 10.3. The molecule has 4 nitrogen and oxygen atoms in total. The summed E-state index contributed by atoms with van der Waals surface area (Å²) in [6.45, 7) is 0.0165. The van der Waals surface area contributed by atoms with Gasteiger partial charge in [-0.3, -0.25) is 0 Å². The average molecular weight is 307 g/mol. The molecule has 116 valence electrons. The Morgan fingerprint density at radius 1 is 1.13 bits per heavy atom. The topological polar surface area (TPSA) is 62.6 Å². The van der Waals surface area contributed by atoms with Gasteiger partial charge in [0.15, 0.2) is 0 Å². The number of aliphatic hydroxyl groups excluding tert-OH is 1. The summed E-state index contributed by atoms with van der Waals surface area (Å²) in [5.74, 6) is 0.685. The summed E-state index contributed by atoms with van der Waals surface area (Å²) in [5.41, 5.74) is 2.79. The highest BCUT2D eigenvalue weighted by molar-refractivity contribution is 6.02. The fraction of sp³-hybridized carbons (Fsp3) is 0.105. The number of pyridine rings is 1. The Balaban J connectivity index is 2.15. The van der Waals surface area contributed by atoms with Gasteiger partial charge in [0, 0.05) is 22.5 Å². The fourth-order valence-electron chi connectivity index (χ4n) is 2.60. The van der Waals surface area contributed by atoms with Crippen molar-refractivity contribution in [3.8, 4) is 22.8 Å². The number of methoxy groups -OCH3 is 1. The monoisotopic (exact) mass is 307 g/mol. The molecule has 3 aromatic rings. The van der Waals surface area contributed by atoms with Crippen LogP contribution < -0.4 is 4.74 Å². The number of hydrogen-bond acceptors (Lipinski definition) is 4. The third-order valence-electron chi connectivity index (χ3n) is 3.68. The number of benzene rings is 2. The lowest BCUT2D eigenvalue weighted by molar-refractivity contribution is 0.343. The summed E-state index contributed by atoms with van der Waals surface area (Å²) in [7, 11) is 1.56. The zero-order valence-electron chi connectivity index (χ0n) is 12.7. The molecule has 0 saturated heterocycles. The molecule has 0 unspecified atom stereocenters. The Kier molecular flexibility index (Phi) is 4.26. The van der Waals surface area contributed by atoms with E-state index in [1.54, 1.807) is 31.5 Å². The predicted molar refractivity (Wildman–Crippen MR) is 91.5 cm³/mol. The second-order valence-electron chi connectivity index (χ2n) is 5.09. The second-order valence-corrected chi connectivity index (χ2v) is 5.09. The van der Waals surface area contributed by atoms with Gasteiger partial charge in [0.2, 0.25) is 5.88 Å². The minimum absolute atomic E-state index is 0.0165. The van der Waals surface area contributed by atoms with Crippen molar-refractivity contribution in [1.82, 2.24) is 4.98 Å². The van der Waals surface area contributed by atoms with Crippen LogP contribution in [0.5, 0.6) is 11.6 Å². The molecule has 2 aromatic carbocycles. The van der Waals surface area contributed by atoms with Gasteiger partial charge in [-0.15, -0.1) is 0 Å². The van der Waals surface area contributed by atoms with Crippen molar-refractivity contribution in [2.45, 2.75) is 0 Å². The largest absolute Gasteiger partial charge is 0.507 e. The molecule has 1 aromatic heterocycles. The molecule has 0 saturated carbocycles. The summed E-state index contributed by atoms with van der Waals surface area (Å²) < 4.78 is 5.28. The molecule has 3 rings (SSSR count). The third kappa shape index (κ3) is 2.89. The number of hydrogen-bond donors (Lipinski definition) is 2. The maximum Gasteiger partial charge on any atom is 0.221 e. The zero-order valence-corrected chi connectivity index (χ0v) is 12.7. The van der Waals surface area contributed by atoms with Crippen LogP contribution in [0.3, 0.4) is 0 Å². The summed E-state index contributed by atoms with van der Waals surface area (Å²) in [6, 6.07) is 13.1. The first kappa shape index (κ1) is 15.1. The average Bonchev–Trinajstić information content (AvgIpc) is 2.60. The predicted octanol–water partition coefficient (Wildman–Crippen LogP) is 3.62. The Labute approximate surface area is 134 Å². The van der Waals surface area contributed by atoms with Gasteiger partial charge >= 0.3 is 0 Å². The number of phenols is 1. The van der Waals surface area contributed by atoms with Gasteiger partial charge in [-0.05, 0) is 23.3 Å². The normalized spacial score (nSPS) is 11.2. The Morgan fingerprint density at radius 2 is 1.91 bits per heavy atom. The number of fused-ring (bicyclic) bond motifs is 1. The van der Waals surface area contributed by atoms with Gasteiger partial charge in [-0.2, -0.15) is 0 Å². The molecule has 2 N–H and O–H groups in total. The van der Waals surface area contributed by atoms with Gasteiger partial charge in [-0.1, -0.05) is 42.5 Å². The molecule has 0 atom stereocenters. The fourth-order valence-corrected chi connectivity index (χ4v) is 2.60. The van der Waals surface area contributed by atoms with Crippen molar-refractivity contribution in [2.24, 2.45) is 0 Å². The minimum Gasteiger partial charge on any atom is -0.507 e. The molecule has 0 radical (unpaired) electrons. The Bertz CT molecular complexity index is 854. The van der Waals surface area contributed by atoms with E-state index in [0.717, 1.165) is 27.5 Å². The summed E-state index contributed by atoms with van der Waals surface area (Å²) in [4.78, 5) is 4.33. The molecular formula is C19H17NO3. The van der Waals surface area contributed by atoms with E-state index in [-0.39, 0.29) is 12.4 Å². The molecule has 4 heteroatoms. The van der Waals surface area contributed by atoms with Crippen molar-refractivity contribution in [1.29, 1.82) is 0 Å². The third-order valence-corrected chi connectivity index (χ3v) is 3.68. The quantitative estimate of drug-likeness (QED) is 0.773. The van der Waals surface area contributed by atoms with E-state index >= 15 is 0 Å². The number of aromatic nitrogens is 1. The number of rotatable bonds is 4. The first-order valence-electron chi connectivity index (χ1n) is 7.27. The maximum atomic E-state index is 10.3.